The zero-order chi connectivity index (χ0) is 13.0. The molecular weight excluding hydrogens is 248 g/mol. The Bertz CT molecular complexity index is 605. The van der Waals surface area contributed by atoms with E-state index in [2.05, 4.69) is 4.98 Å². The topological polar surface area (TPSA) is 45.9 Å². The van der Waals surface area contributed by atoms with E-state index in [9.17, 15) is 0 Å². The van der Waals surface area contributed by atoms with E-state index >= 15 is 0 Å². The fraction of sp³-hybridized carbons (Fsp3) is 0.143. The molecule has 18 heavy (non-hydrogen) atoms. The molecule has 1 aromatic carbocycles. The van der Waals surface area contributed by atoms with Gasteiger partial charge in [-0.3, -0.25) is 0 Å². The molecule has 0 aliphatic rings. The third kappa shape index (κ3) is 2.79. The van der Waals surface area contributed by atoms with Gasteiger partial charge in [0.2, 0.25) is 5.88 Å². The van der Waals surface area contributed by atoms with Gasteiger partial charge in [-0.25, -0.2) is 4.98 Å². The van der Waals surface area contributed by atoms with E-state index in [1.807, 2.05) is 37.3 Å². The molecule has 0 unspecified atom stereocenters. The average Bonchev–Trinajstić information content (AvgIpc) is 2.38. The first-order chi connectivity index (χ1) is 8.72. The van der Waals surface area contributed by atoms with Crippen LogP contribution < -0.4 is 4.74 Å². The van der Waals surface area contributed by atoms with Crippen molar-refractivity contribution in [3.05, 3.63) is 52.7 Å². The third-order valence-corrected chi connectivity index (χ3v) is 2.66. The van der Waals surface area contributed by atoms with Crippen molar-refractivity contribution in [2.45, 2.75) is 13.3 Å². The predicted molar refractivity (Wildman–Crippen MR) is 69.9 cm³/mol. The van der Waals surface area contributed by atoms with E-state index in [0.717, 1.165) is 17.7 Å². The summed E-state index contributed by atoms with van der Waals surface area (Å²) in [4.78, 5) is 4.04. The number of rotatable bonds is 3. The second kappa shape index (κ2) is 5.52. The van der Waals surface area contributed by atoms with Gasteiger partial charge in [0.05, 0.1) is 11.6 Å². The van der Waals surface area contributed by atoms with Crippen molar-refractivity contribution in [3.63, 3.8) is 0 Å². The quantitative estimate of drug-likeness (QED) is 0.783. The molecule has 0 bridgehead atoms. The van der Waals surface area contributed by atoms with Crippen molar-refractivity contribution in [2.24, 2.45) is 0 Å². The van der Waals surface area contributed by atoms with Gasteiger partial charge in [-0.1, -0.05) is 36.7 Å². The predicted octanol–water partition coefficient (Wildman–Crippen LogP) is 3.96. The van der Waals surface area contributed by atoms with Crippen molar-refractivity contribution in [3.8, 4) is 17.7 Å². The molecule has 0 radical (unpaired) electrons. The lowest BCUT2D eigenvalue weighted by molar-refractivity contribution is 0.457. The second-order valence-electron chi connectivity index (χ2n) is 3.69. The summed E-state index contributed by atoms with van der Waals surface area (Å²) in [6.45, 7) is 2.05. The molecule has 0 atom stereocenters. The van der Waals surface area contributed by atoms with Crippen molar-refractivity contribution in [1.82, 2.24) is 4.98 Å². The van der Waals surface area contributed by atoms with Crippen LogP contribution in [0.15, 0.2) is 36.4 Å². The molecule has 0 N–H and O–H groups in total. The Kier molecular flexibility index (Phi) is 3.81. The van der Waals surface area contributed by atoms with Gasteiger partial charge in [0.15, 0.2) is 0 Å². The molecule has 2 rings (SSSR count). The Balaban J connectivity index is 2.34. The molecule has 1 aromatic heterocycles. The number of ether oxygens (including phenoxy) is 1. The number of para-hydroxylation sites is 1. The van der Waals surface area contributed by atoms with Crippen molar-refractivity contribution in [1.29, 1.82) is 5.26 Å². The molecule has 0 aliphatic heterocycles. The maximum absolute atomic E-state index is 8.86. The Hall–Kier alpha value is -2.05. The first-order valence-corrected chi connectivity index (χ1v) is 5.94. The van der Waals surface area contributed by atoms with E-state index < -0.39 is 0 Å². The number of hydrogen-bond acceptors (Lipinski definition) is 3. The lowest BCUT2D eigenvalue weighted by atomic mass is 10.1. The molecule has 0 amide bonds. The van der Waals surface area contributed by atoms with Crippen LogP contribution in [0.4, 0.5) is 0 Å². The van der Waals surface area contributed by atoms with Crippen LogP contribution in [0, 0.1) is 11.3 Å². The number of pyridine rings is 1. The van der Waals surface area contributed by atoms with Crippen LogP contribution in [0.1, 0.15) is 18.1 Å². The Labute approximate surface area is 111 Å². The largest absolute Gasteiger partial charge is 0.439 e. The molecule has 2 aromatic rings. The zero-order valence-corrected chi connectivity index (χ0v) is 10.6. The molecule has 0 aliphatic carbocycles. The Morgan fingerprint density at radius 2 is 2.11 bits per heavy atom. The lowest BCUT2D eigenvalue weighted by Gasteiger charge is -2.09. The fourth-order valence-corrected chi connectivity index (χ4v) is 1.80. The van der Waals surface area contributed by atoms with E-state index in [0.29, 0.717) is 11.4 Å². The molecule has 0 saturated heterocycles. The number of nitrogens with zero attached hydrogens (tertiary/aromatic N) is 2. The average molecular weight is 259 g/mol. The minimum atomic E-state index is 0.248. The summed E-state index contributed by atoms with van der Waals surface area (Å²) in [6, 6.07) is 12.8. The van der Waals surface area contributed by atoms with E-state index in [4.69, 9.17) is 21.6 Å². The van der Waals surface area contributed by atoms with Gasteiger partial charge in [-0.15, -0.1) is 0 Å². The zero-order valence-electron chi connectivity index (χ0n) is 9.85. The summed E-state index contributed by atoms with van der Waals surface area (Å²) in [7, 11) is 0. The first kappa shape index (κ1) is 12.4. The molecule has 0 spiro atoms. The maximum Gasteiger partial charge on any atom is 0.221 e. The summed E-state index contributed by atoms with van der Waals surface area (Å²) < 4.78 is 5.68. The third-order valence-electron chi connectivity index (χ3n) is 2.47. The maximum atomic E-state index is 8.86. The lowest BCUT2D eigenvalue weighted by Crippen LogP contribution is -1.93. The highest BCUT2D eigenvalue weighted by Gasteiger charge is 2.06. The highest BCUT2D eigenvalue weighted by Crippen LogP contribution is 2.26. The monoisotopic (exact) mass is 258 g/mol. The molecule has 0 fully saturated rings. The second-order valence-corrected chi connectivity index (χ2v) is 4.08. The minimum absolute atomic E-state index is 0.248. The number of nitriles is 1. The van der Waals surface area contributed by atoms with Crippen LogP contribution in [-0.2, 0) is 6.42 Å². The first-order valence-electron chi connectivity index (χ1n) is 5.56. The minimum Gasteiger partial charge on any atom is -0.439 e. The molecular formula is C14H11ClN2O. The van der Waals surface area contributed by atoms with E-state index in [-0.39, 0.29) is 5.15 Å². The number of benzene rings is 1. The van der Waals surface area contributed by atoms with Gasteiger partial charge in [-0.2, -0.15) is 5.26 Å². The highest BCUT2D eigenvalue weighted by molar-refractivity contribution is 6.29. The van der Waals surface area contributed by atoms with Crippen molar-refractivity contribution in [2.75, 3.05) is 0 Å². The van der Waals surface area contributed by atoms with Gasteiger partial charge >= 0.3 is 0 Å². The summed E-state index contributed by atoms with van der Waals surface area (Å²) in [6.07, 6.45) is 0.863. The number of halogens is 1. The highest BCUT2D eigenvalue weighted by atomic mass is 35.5. The van der Waals surface area contributed by atoms with Crippen LogP contribution in [0.5, 0.6) is 11.6 Å². The number of aryl methyl sites for hydroxylation is 1. The molecule has 4 heteroatoms. The summed E-state index contributed by atoms with van der Waals surface area (Å²) >= 11 is 5.83. The Morgan fingerprint density at radius 3 is 2.83 bits per heavy atom. The van der Waals surface area contributed by atoms with Crippen LogP contribution >= 0.6 is 11.6 Å². The van der Waals surface area contributed by atoms with Crippen molar-refractivity contribution < 1.29 is 4.74 Å². The van der Waals surface area contributed by atoms with Crippen LogP contribution in [0.25, 0.3) is 0 Å². The van der Waals surface area contributed by atoms with Gasteiger partial charge in [-0.05, 0) is 24.1 Å². The molecule has 0 saturated carbocycles. The van der Waals surface area contributed by atoms with E-state index in [1.54, 1.807) is 6.07 Å². The van der Waals surface area contributed by atoms with Gasteiger partial charge in [0, 0.05) is 6.07 Å². The van der Waals surface area contributed by atoms with Crippen LogP contribution in [-0.4, -0.2) is 4.98 Å². The number of aromatic nitrogens is 1. The molecule has 3 nitrogen and oxygen atoms in total. The van der Waals surface area contributed by atoms with Crippen LogP contribution in [0.2, 0.25) is 5.15 Å². The molecule has 1 heterocycles. The van der Waals surface area contributed by atoms with E-state index in [1.165, 1.54) is 6.07 Å². The van der Waals surface area contributed by atoms with Gasteiger partial charge in [0.25, 0.3) is 0 Å². The van der Waals surface area contributed by atoms with Gasteiger partial charge < -0.3 is 4.74 Å². The normalized spacial score (nSPS) is 9.83. The standard InChI is InChI=1S/C14H11ClN2O/c1-2-11-5-3-4-6-12(11)18-14-8-10(9-16)7-13(15)17-14/h3-8H,2H2,1H3. The molecule has 90 valence electrons. The fourth-order valence-electron chi connectivity index (χ4n) is 1.60. The Morgan fingerprint density at radius 1 is 1.33 bits per heavy atom. The SMILES string of the molecule is CCc1ccccc1Oc1cc(C#N)cc(Cl)n1. The van der Waals surface area contributed by atoms with Gasteiger partial charge in [0.1, 0.15) is 10.9 Å². The summed E-state index contributed by atoms with van der Waals surface area (Å²) in [5.74, 6) is 1.07. The van der Waals surface area contributed by atoms with Crippen LogP contribution in [0.3, 0.4) is 0 Å². The van der Waals surface area contributed by atoms with Crippen molar-refractivity contribution >= 4 is 11.6 Å². The smallest absolute Gasteiger partial charge is 0.221 e. The summed E-state index contributed by atoms with van der Waals surface area (Å²) in [5.41, 5.74) is 1.51. The summed E-state index contributed by atoms with van der Waals surface area (Å²) in [5, 5.41) is 9.11. The number of hydrogen-bond donors (Lipinski definition) is 0.